The van der Waals surface area contributed by atoms with Crippen molar-refractivity contribution in [3.8, 4) is 17.9 Å². The number of nitrogens with zero attached hydrogens (tertiary/aromatic N) is 4. The first-order valence-electron chi connectivity index (χ1n) is 5.30. The number of nitriles is 1. The fourth-order valence-corrected chi connectivity index (χ4v) is 1.19. The Bertz CT molecular complexity index is 572. The Hall–Kier alpha value is -2.84. The smallest absolute Gasteiger partial charge is 0.314 e. The van der Waals surface area contributed by atoms with Crippen molar-refractivity contribution in [2.24, 2.45) is 4.99 Å². The fraction of sp³-hybridized carbons (Fsp3) is 0.273. The van der Waals surface area contributed by atoms with Gasteiger partial charge in [0.1, 0.15) is 18.0 Å². The van der Waals surface area contributed by atoms with Gasteiger partial charge in [0, 0.05) is 0 Å². The van der Waals surface area contributed by atoms with Gasteiger partial charge in [-0.2, -0.15) is 10.4 Å². The van der Waals surface area contributed by atoms with Crippen LogP contribution < -0.4 is 10.9 Å². The van der Waals surface area contributed by atoms with Crippen molar-refractivity contribution in [1.82, 2.24) is 20.6 Å². The maximum atomic E-state index is 11.0. The minimum atomic E-state index is -0.502. The van der Waals surface area contributed by atoms with E-state index in [9.17, 15) is 4.79 Å². The topological polar surface area (TPSA) is 115 Å². The average molecular weight is 260 g/mol. The zero-order valence-electron chi connectivity index (χ0n) is 10.2. The third kappa shape index (κ3) is 4.15. The van der Waals surface area contributed by atoms with Crippen LogP contribution in [0, 0.1) is 23.2 Å². The summed E-state index contributed by atoms with van der Waals surface area (Å²) in [6.07, 6.45) is 2.55. The van der Waals surface area contributed by atoms with Crippen molar-refractivity contribution in [3.63, 3.8) is 0 Å². The summed E-state index contributed by atoms with van der Waals surface area (Å²) in [5.41, 5.74) is 4.95. The van der Waals surface area contributed by atoms with Crippen LogP contribution in [0.2, 0.25) is 0 Å². The zero-order chi connectivity index (χ0) is 14.1. The van der Waals surface area contributed by atoms with Crippen LogP contribution in [-0.2, 0) is 11.3 Å². The van der Waals surface area contributed by atoms with Crippen LogP contribution in [0.5, 0.6) is 0 Å². The number of rotatable bonds is 5. The van der Waals surface area contributed by atoms with E-state index in [1.54, 1.807) is 6.92 Å². The lowest BCUT2D eigenvalue weighted by molar-refractivity contribution is -0.116. The molecule has 1 rings (SSSR count). The first kappa shape index (κ1) is 14.2. The SMILES string of the molecule is CC#CC(=O)NN/C=N/c1c(C#N)cnn1CCO. The molecule has 3 N–H and O–H groups in total. The molecule has 1 amide bonds. The van der Waals surface area contributed by atoms with Crippen LogP contribution in [-0.4, -0.2) is 33.7 Å². The Morgan fingerprint density at radius 3 is 3.16 bits per heavy atom. The lowest BCUT2D eigenvalue weighted by Gasteiger charge is -2.01. The minimum Gasteiger partial charge on any atom is -0.394 e. The Balaban J connectivity index is 2.69. The molecule has 1 aromatic heterocycles. The van der Waals surface area contributed by atoms with E-state index in [4.69, 9.17) is 10.4 Å². The number of aliphatic hydroxyl groups is 1. The zero-order valence-corrected chi connectivity index (χ0v) is 10.2. The normalized spacial score (nSPS) is 9.53. The van der Waals surface area contributed by atoms with Crippen molar-refractivity contribution in [3.05, 3.63) is 11.8 Å². The number of amides is 1. The molecule has 0 aliphatic carbocycles. The number of nitrogens with one attached hydrogen (secondary N) is 2. The van der Waals surface area contributed by atoms with Gasteiger partial charge in [-0.1, -0.05) is 5.92 Å². The highest BCUT2D eigenvalue weighted by molar-refractivity contribution is 5.93. The summed E-state index contributed by atoms with van der Waals surface area (Å²) in [7, 11) is 0. The summed E-state index contributed by atoms with van der Waals surface area (Å²) in [6, 6.07) is 1.93. The molecular formula is C11H12N6O2. The number of hydrazine groups is 1. The molecule has 0 aliphatic rings. The van der Waals surface area contributed by atoms with Crippen LogP contribution >= 0.6 is 0 Å². The van der Waals surface area contributed by atoms with Crippen LogP contribution in [0.1, 0.15) is 12.5 Å². The molecule has 98 valence electrons. The predicted molar refractivity (Wildman–Crippen MR) is 66.9 cm³/mol. The highest BCUT2D eigenvalue weighted by Gasteiger charge is 2.08. The molecule has 0 aromatic carbocycles. The van der Waals surface area contributed by atoms with E-state index in [0.717, 1.165) is 0 Å². The summed E-state index contributed by atoms with van der Waals surface area (Å²) in [6.45, 7) is 1.65. The van der Waals surface area contributed by atoms with Gasteiger partial charge in [0.2, 0.25) is 0 Å². The molecule has 0 unspecified atom stereocenters. The molecule has 0 saturated heterocycles. The summed E-state index contributed by atoms with van der Waals surface area (Å²) in [5.74, 6) is 4.49. The first-order valence-corrected chi connectivity index (χ1v) is 5.30. The Labute approximate surface area is 109 Å². The maximum absolute atomic E-state index is 11.0. The van der Waals surface area contributed by atoms with Crippen molar-refractivity contribution in [2.45, 2.75) is 13.5 Å². The van der Waals surface area contributed by atoms with Gasteiger partial charge in [-0.05, 0) is 12.8 Å². The van der Waals surface area contributed by atoms with Crippen LogP contribution in [0.15, 0.2) is 11.2 Å². The van der Waals surface area contributed by atoms with E-state index in [1.807, 2.05) is 6.07 Å². The van der Waals surface area contributed by atoms with E-state index >= 15 is 0 Å². The number of aliphatic imine (C=N–C) groups is 1. The monoisotopic (exact) mass is 260 g/mol. The molecule has 1 aromatic rings. The predicted octanol–water partition coefficient (Wildman–Crippen LogP) is -0.949. The number of hydrogen-bond acceptors (Lipinski definition) is 5. The molecule has 0 bridgehead atoms. The van der Waals surface area contributed by atoms with E-state index in [0.29, 0.717) is 5.82 Å². The summed E-state index contributed by atoms with van der Waals surface area (Å²) in [5, 5.41) is 21.6. The van der Waals surface area contributed by atoms with Gasteiger partial charge in [-0.15, -0.1) is 0 Å². The van der Waals surface area contributed by atoms with Crippen LogP contribution in [0.3, 0.4) is 0 Å². The van der Waals surface area contributed by atoms with Crippen molar-refractivity contribution >= 4 is 18.1 Å². The van der Waals surface area contributed by atoms with Crippen LogP contribution in [0.25, 0.3) is 0 Å². The lowest BCUT2D eigenvalue weighted by Crippen LogP contribution is -2.35. The molecule has 1 heterocycles. The van der Waals surface area contributed by atoms with Gasteiger partial charge in [0.25, 0.3) is 0 Å². The molecule has 19 heavy (non-hydrogen) atoms. The van der Waals surface area contributed by atoms with Gasteiger partial charge in [0.05, 0.1) is 19.3 Å². The number of carbonyl (C=O) groups is 1. The maximum Gasteiger partial charge on any atom is 0.314 e. The van der Waals surface area contributed by atoms with Gasteiger partial charge in [-0.25, -0.2) is 9.67 Å². The molecule has 0 saturated carbocycles. The van der Waals surface area contributed by atoms with Crippen LogP contribution in [0.4, 0.5) is 5.82 Å². The molecule has 0 spiro atoms. The van der Waals surface area contributed by atoms with E-state index in [-0.39, 0.29) is 18.7 Å². The van der Waals surface area contributed by atoms with Crippen molar-refractivity contribution in [1.29, 1.82) is 5.26 Å². The number of aromatic nitrogens is 2. The second kappa shape index (κ2) is 7.48. The van der Waals surface area contributed by atoms with Gasteiger partial charge >= 0.3 is 5.91 Å². The quantitative estimate of drug-likeness (QED) is 0.273. The summed E-state index contributed by atoms with van der Waals surface area (Å²) >= 11 is 0. The van der Waals surface area contributed by atoms with E-state index in [1.165, 1.54) is 17.2 Å². The Morgan fingerprint density at radius 2 is 2.53 bits per heavy atom. The second-order valence-corrected chi connectivity index (χ2v) is 3.17. The Kier molecular flexibility index (Phi) is 5.60. The Morgan fingerprint density at radius 1 is 1.74 bits per heavy atom. The van der Waals surface area contributed by atoms with E-state index < -0.39 is 5.91 Å². The third-order valence-electron chi connectivity index (χ3n) is 1.92. The largest absolute Gasteiger partial charge is 0.394 e. The summed E-state index contributed by atoms with van der Waals surface area (Å²) < 4.78 is 1.38. The highest BCUT2D eigenvalue weighted by atomic mass is 16.3. The number of hydrogen-bond donors (Lipinski definition) is 3. The molecule has 0 atom stereocenters. The molecular weight excluding hydrogens is 248 g/mol. The molecule has 8 heteroatoms. The van der Waals surface area contributed by atoms with Gasteiger partial charge in [-0.3, -0.25) is 15.6 Å². The average Bonchev–Trinajstić information content (AvgIpc) is 2.78. The molecule has 0 fully saturated rings. The highest BCUT2D eigenvalue weighted by Crippen LogP contribution is 2.16. The third-order valence-corrected chi connectivity index (χ3v) is 1.92. The number of aliphatic hydroxyl groups excluding tert-OH is 1. The minimum absolute atomic E-state index is 0.120. The fourth-order valence-electron chi connectivity index (χ4n) is 1.19. The molecule has 0 aliphatic heterocycles. The summed E-state index contributed by atoms with van der Waals surface area (Å²) in [4.78, 5) is 14.9. The first-order chi connectivity index (χ1) is 9.22. The van der Waals surface area contributed by atoms with Crippen molar-refractivity contribution in [2.75, 3.05) is 6.61 Å². The molecule has 8 nitrogen and oxygen atoms in total. The molecule has 0 radical (unpaired) electrons. The van der Waals surface area contributed by atoms with E-state index in [2.05, 4.69) is 32.8 Å². The lowest BCUT2D eigenvalue weighted by atomic mass is 10.4. The number of carbonyl (C=O) groups excluding carboxylic acids is 1. The standard InChI is InChI=1S/C11H12N6O2/c1-2-3-10(19)16-14-8-13-11-9(6-12)7-15-17(11)4-5-18/h7-8,18H,4-5H2,1H3,(H,13,14)(H,16,19). The van der Waals surface area contributed by atoms with Gasteiger partial charge < -0.3 is 5.11 Å². The van der Waals surface area contributed by atoms with Crippen molar-refractivity contribution < 1.29 is 9.90 Å². The van der Waals surface area contributed by atoms with Gasteiger partial charge in [0.15, 0.2) is 5.82 Å². The second-order valence-electron chi connectivity index (χ2n) is 3.17.